The second-order valence-electron chi connectivity index (χ2n) is 8.45. The maximum atomic E-state index is 12.3. The quantitative estimate of drug-likeness (QED) is 0.536. The molecule has 1 fully saturated rings. The lowest BCUT2D eigenvalue weighted by molar-refractivity contribution is 0.211. The highest BCUT2D eigenvalue weighted by Gasteiger charge is 2.28. The minimum absolute atomic E-state index is 0.0330. The molecule has 0 spiro atoms. The highest BCUT2D eigenvalue weighted by atomic mass is 16.5. The summed E-state index contributed by atoms with van der Waals surface area (Å²) in [6.07, 6.45) is 7.17. The SMILES string of the molecule is Cc1ccc(NC(=O)Nc2cncc(-c3ccc(OC[C@]4(C)CCCN4)c(C)c3)n2)nc1. The predicted octanol–water partition coefficient (Wildman–Crippen LogP) is 4.32. The van der Waals surface area contributed by atoms with Crippen LogP contribution in [-0.2, 0) is 0 Å². The first-order chi connectivity index (χ1) is 15.4. The van der Waals surface area contributed by atoms with Crippen LogP contribution in [0.2, 0.25) is 0 Å². The van der Waals surface area contributed by atoms with Crippen LogP contribution in [0.5, 0.6) is 5.75 Å². The van der Waals surface area contributed by atoms with Crippen molar-refractivity contribution in [3.8, 4) is 17.0 Å². The van der Waals surface area contributed by atoms with Crippen molar-refractivity contribution in [3.05, 3.63) is 60.0 Å². The van der Waals surface area contributed by atoms with Gasteiger partial charge in [0.1, 0.15) is 18.2 Å². The zero-order chi connectivity index (χ0) is 22.6. The fourth-order valence-corrected chi connectivity index (χ4v) is 3.66. The standard InChI is InChI=1S/C24H28N6O2/c1-16-5-8-21(26-12-16)29-23(31)30-22-14-25-13-19(28-22)18-6-7-20(17(2)11-18)32-15-24(3)9-4-10-27-24/h5-8,11-14,27H,4,9-10,15H2,1-3H3,(H2,26,28,29,30,31)/t24-/m0/s1. The van der Waals surface area contributed by atoms with Crippen LogP contribution in [-0.4, -0.2) is 39.7 Å². The summed E-state index contributed by atoms with van der Waals surface area (Å²) in [5.74, 6) is 1.67. The number of hydrogen-bond donors (Lipinski definition) is 3. The number of pyridine rings is 1. The van der Waals surface area contributed by atoms with Crippen LogP contribution in [0.1, 0.15) is 30.9 Å². The van der Waals surface area contributed by atoms with Gasteiger partial charge in [0.15, 0.2) is 5.82 Å². The molecule has 3 N–H and O–H groups in total. The van der Waals surface area contributed by atoms with Crippen LogP contribution in [0.3, 0.4) is 0 Å². The van der Waals surface area contributed by atoms with Gasteiger partial charge in [0, 0.05) is 17.3 Å². The van der Waals surface area contributed by atoms with Gasteiger partial charge in [-0.2, -0.15) is 0 Å². The number of benzene rings is 1. The first kappa shape index (κ1) is 21.7. The Kier molecular flexibility index (Phi) is 6.32. The van der Waals surface area contributed by atoms with Crippen LogP contribution in [0, 0.1) is 13.8 Å². The van der Waals surface area contributed by atoms with Crippen molar-refractivity contribution in [2.45, 2.75) is 39.2 Å². The van der Waals surface area contributed by atoms with Gasteiger partial charge in [0.25, 0.3) is 0 Å². The molecular weight excluding hydrogens is 404 g/mol. The number of nitrogens with zero attached hydrogens (tertiary/aromatic N) is 3. The molecule has 1 aliphatic heterocycles. The van der Waals surface area contributed by atoms with Crippen LogP contribution in [0.15, 0.2) is 48.9 Å². The summed E-state index contributed by atoms with van der Waals surface area (Å²) in [5, 5.41) is 8.90. The zero-order valence-corrected chi connectivity index (χ0v) is 18.6. The molecule has 1 aliphatic rings. The lowest BCUT2D eigenvalue weighted by Crippen LogP contribution is -2.42. The molecule has 32 heavy (non-hydrogen) atoms. The van der Waals surface area contributed by atoms with Crippen LogP contribution in [0.4, 0.5) is 16.4 Å². The molecule has 3 heterocycles. The molecule has 3 aromatic rings. The van der Waals surface area contributed by atoms with Crippen LogP contribution < -0.4 is 20.7 Å². The Morgan fingerprint density at radius 1 is 1.12 bits per heavy atom. The lowest BCUT2D eigenvalue weighted by atomic mass is 10.0. The summed E-state index contributed by atoms with van der Waals surface area (Å²) >= 11 is 0. The molecular formula is C24H28N6O2. The normalized spacial score (nSPS) is 17.7. The van der Waals surface area contributed by atoms with E-state index in [-0.39, 0.29) is 5.54 Å². The summed E-state index contributed by atoms with van der Waals surface area (Å²) in [6, 6.07) is 9.12. The van der Waals surface area contributed by atoms with Crippen molar-refractivity contribution in [2.75, 3.05) is 23.8 Å². The van der Waals surface area contributed by atoms with Gasteiger partial charge in [-0.3, -0.25) is 15.6 Å². The van der Waals surface area contributed by atoms with Crippen LogP contribution >= 0.6 is 0 Å². The maximum absolute atomic E-state index is 12.3. The second-order valence-corrected chi connectivity index (χ2v) is 8.45. The second kappa shape index (κ2) is 9.32. The van der Waals surface area contributed by atoms with E-state index in [4.69, 9.17) is 4.74 Å². The topological polar surface area (TPSA) is 101 Å². The van der Waals surface area contributed by atoms with Gasteiger partial charge in [-0.15, -0.1) is 0 Å². The number of ether oxygens (including phenoxy) is 1. The number of hydrogen-bond acceptors (Lipinski definition) is 6. The molecule has 0 bridgehead atoms. The average Bonchev–Trinajstić information content (AvgIpc) is 3.21. The van der Waals surface area contributed by atoms with Crippen molar-refractivity contribution in [1.82, 2.24) is 20.3 Å². The maximum Gasteiger partial charge on any atom is 0.326 e. The predicted molar refractivity (Wildman–Crippen MR) is 125 cm³/mol. The molecule has 0 radical (unpaired) electrons. The molecule has 0 unspecified atom stereocenters. The molecule has 1 saturated heterocycles. The highest BCUT2D eigenvalue weighted by Crippen LogP contribution is 2.27. The van der Waals surface area contributed by atoms with Gasteiger partial charge < -0.3 is 10.1 Å². The number of urea groups is 1. The first-order valence-electron chi connectivity index (χ1n) is 10.7. The number of aryl methyl sites for hydroxylation is 2. The van der Waals surface area contributed by atoms with Gasteiger partial charge in [-0.05, 0) is 75.5 Å². The average molecular weight is 433 g/mol. The molecule has 0 saturated carbocycles. The van der Waals surface area contributed by atoms with E-state index in [1.807, 2.05) is 38.1 Å². The zero-order valence-electron chi connectivity index (χ0n) is 18.6. The largest absolute Gasteiger partial charge is 0.491 e. The number of anilines is 2. The third-order valence-electron chi connectivity index (χ3n) is 5.50. The van der Waals surface area contributed by atoms with Gasteiger partial charge in [0.05, 0.1) is 18.1 Å². The summed E-state index contributed by atoms with van der Waals surface area (Å²) in [7, 11) is 0. The molecule has 8 nitrogen and oxygen atoms in total. The van der Waals surface area contributed by atoms with E-state index in [1.54, 1.807) is 18.5 Å². The third-order valence-corrected chi connectivity index (χ3v) is 5.50. The molecule has 4 rings (SSSR count). The fraction of sp³-hybridized carbons (Fsp3) is 0.333. The van der Waals surface area contributed by atoms with Crippen LogP contribution in [0.25, 0.3) is 11.3 Å². The molecule has 8 heteroatoms. The number of amides is 2. The molecule has 2 aromatic heterocycles. The minimum atomic E-state index is -0.429. The molecule has 1 atom stereocenters. The summed E-state index contributed by atoms with van der Waals surface area (Å²) < 4.78 is 6.09. The highest BCUT2D eigenvalue weighted by molar-refractivity contribution is 5.98. The van der Waals surface area contributed by atoms with Crippen molar-refractivity contribution >= 4 is 17.7 Å². The Labute approximate surface area is 187 Å². The number of rotatable bonds is 6. The van der Waals surface area contributed by atoms with E-state index in [0.717, 1.165) is 35.4 Å². The molecule has 2 amide bonds. The van der Waals surface area contributed by atoms with Gasteiger partial charge in [-0.1, -0.05) is 6.07 Å². The summed E-state index contributed by atoms with van der Waals surface area (Å²) in [6.45, 7) is 7.83. The fourth-order valence-electron chi connectivity index (χ4n) is 3.66. The number of aromatic nitrogens is 3. The van der Waals surface area contributed by atoms with Gasteiger partial charge in [-0.25, -0.2) is 14.8 Å². The van der Waals surface area contributed by atoms with E-state index in [9.17, 15) is 4.79 Å². The number of carbonyl (C=O) groups excluding carboxylic acids is 1. The Bertz CT molecular complexity index is 1090. The van der Waals surface area contributed by atoms with Crippen molar-refractivity contribution in [2.24, 2.45) is 0 Å². The van der Waals surface area contributed by atoms with Crippen molar-refractivity contribution in [3.63, 3.8) is 0 Å². The first-order valence-corrected chi connectivity index (χ1v) is 10.7. The van der Waals surface area contributed by atoms with E-state index in [2.05, 4.69) is 37.8 Å². The Hall–Kier alpha value is -3.52. The number of nitrogens with one attached hydrogen (secondary N) is 3. The minimum Gasteiger partial charge on any atom is -0.491 e. The lowest BCUT2D eigenvalue weighted by Gasteiger charge is -2.25. The Morgan fingerprint density at radius 3 is 2.69 bits per heavy atom. The van der Waals surface area contributed by atoms with E-state index in [1.165, 1.54) is 12.6 Å². The monoisotopic (exact) mass is 432 g/mol. The van der Waals surface area contributed by atoms with E-state index in [0.29, 0.717) is 23.9 Å². The van der Waals surface area contributed by atoms with Gasteiger partial charge in [0.2, 0.25) is 0 Å². The molecule has 166 valence electrons. The van der Waals surface area contributed by atoms with Crippen molar-refractivity contribution in [1.29, 1.82) is 0 Å². The Balaban J connectivity index is 1.41. The van der Waals surface area contributed by atoms with Gasteiger partial charge >= 0.3 is 6.03 Å². The molecule has 1 aromatic carbocycles. The smallest absolute Gasteiger partial charge is 0.326 e. The van der Waals surface area contributed by atoms with E-state index >= 15 is 0 Å². The number of carbonyl (C=O) groups is 1. The molecule has 0 aliphatic carbocycles. The summed E-state index contributed by atoms with van der Waals surface area (Å²) in [4.78, 5) is 25.2. The van der Waals surface area contributed by atoms with Crippen molar-refractivity contribution < 1.29 is 9.53 Å². The van der Waals surface area contributed by atoms with E-state index < -0.39 is 6.03 Å². The third kappa shape index (κ3) is 5.39. The summed E-state index contributed by atoms with van der Waals surface area (Å²) in [5.41, 5.74) is 3.64. The Morgan fingerprint density at radius 2 is 1.97 bits per heavy atom.